The third-order valence-electron chi connectivity index (χ3n) is 3.01. The van der Waals surface area contributed by atoms with E-state index < -0.39 is 5.97 Å². The van der Waals surface area contributed by atoms with Crippen LogP contribution in [0.3, 0.4) is 0 Å². The summed E-state index contributed by atoms with van der Waals surface area (Å²) in [5.41, 5.74) is -0.0279. The Morgan fingerprint density at radius 1 is 1.42 bits per heavy atom. The fourth-order valence-electron chi connectivity index (χ4n) is 2.00. The highest BCUT2D eigenvalue weighted by molar-refractivity contribution is 5.93. The number of nitrogens with one attached hydrogen (secondary N) is 1. The Morgan fingerprint density at radius 3 is 2.74 bits per heavy atom. The number of hydrogen-bond acceptors (Lipinski definition) is 5. The van der Waals surface area contributed by atoms with Crippen molar-refractivity contribution in [2.75, 3.05) is 25.0 Å². The van der Waals surface area contributed by atoms with E-state index >= 15 is 0 Å². The Bertz CT molecular complexity index is 498. The number of aromatic nitrogens is 2. The first kappa shape index (κ1) is 13.3. The summed E-state index contributed by atoms with van der Waals surface area (Å²) in [7, 11) is 0. The first-order valence-electron chi connectivity index (χ1n) is 6.16. The Kier molecular flexibility index (Phi) is 3.94. The minimum absolute atomic E-state index is 0.0279. The normalized spacial score (nSPS) is 14.5. The second-order valence-corrected chi connectivity index (χ2v) is 4.43. The van der Waals surface area contributed by atoms with Crippen LogP contribution in [0, 0.1) is 6.92 Å². The molecule has 1 fully saturated rings. The molecule has 0 atom stereocenters. The molecule has 2 N–H and O–H groups in total. The highest BCUT2D eigenvalue weighted by atomic mass is 16.4. The van der Waals surface area contributed by atoms with Gasteiger partial charge in [0, 0.05) is 19.3 Å². The predicted octanol–water partition coefficient (Wildman–Crippen LogP) is 0.518. The van der Waals surface area contributed by atoms with Crippen molar-refractivity contribution < 1.29 is 14.7 Å². The Hall–Kier alpha value is -2.18. The lowest BCUT2D eigenvalue weighted by atomic mass is 10.3. The Morgan fingerprint density at radius 2 is 2.11 bits per heavy atom. The summed E-state index contributed by atoms with van der Waals surface area (Å²) in [5.74, 6) is -0.505. The summed E-state index contributed by atoms with van der Waals surface area (Å²) in [4.78, 5) is 32.5. The van der Waals surface area contributed by atoms with E-state index in [-0.39, 0.29) is 23.8 Å². The van der Waals surface area contributed by atoms with E-state index in [1.54, 1.807) is 11.8 Å². The molecule has 0 aromatic carbocycles. The molecule has 7 heteroatoms. The van der Waals surface area contributed by atoms with Crippen molar-refractivity contribution in [1.82, 2.24) is 14.9 Å². The van der Waals surface area contributed by atoms with E-state index in [9.17, 15) is 9.59 Å². The second-order valence-electron chi connectivity index (χ2n) is 4.43. The van der Waals surface area contributed by atoms with Gasteiger partial charge in [-0.3, -0.25) is 4.79 Å². The molecule has 1 aliphatic rings. The van der Waals surface area contributed by atoms with Crippen molar-refractivity contribution in [3.8, 4) is 0 Å². The number of carbonyl (C=O) groups excluding carboxylic acids is 1. The van der Waals surface area contributed by atoms with Crippen molar-refractivity contribution in [3.63, 3.8) is 0 Å². The maximum atomic E-state index is 11.9. The Labute approximate surface area is 110 Å². The van der Waals surface area contributed by atoms with Gasteiger partial charge in [0.1, 0.15) is 17.2 Å². The van der Waals surface area contributed by atoms with Gasteiger partial charge in [-0.05, 0) is 19.8 Å². The number of aromatic carboxylic acids is 1. The maximum Gasteiger partial charge on any atom is 0.341 e. The van der Waals surface area contributed by atoms with Crippen LogP contribution in [0.4, 0.5) is 5.82 Å². The molecule has 1 amide bonds. The molecule has 2 heterocycles. The van der Waals surface area contributed by atoms with Crippen LogP contribution in [0.15, 0.2) is 6.20 Å². The van der Waals surface area contributed by atoms with Gasteiger partial charge in [-0.15, -0.1) is 0 Å². The van der Waals surface area contributed by atoms with Gasteiger partial charge in [-0.1, -0.05) is 0 Å². The molecule has 2 rings (SSSR count). The van der Waals surface area contributed by atoms with Gasteiger partial charge in [-0.2, -0.15) is 0 Å². The zero-order valence-electron chi connectivity index (χ0n) is 10.7. The molecular formula is C12H16N4O3. The van der Waals surface area contributed by atoms with Crippen LogP contribution in [0.1, 0.15) is 29.0 Å². The zero-order chi connectivity index (χ0) is 13.8. The van der Waals surface area contributed by atoms with Crippen LogP contribution in [0.25, 0.3) is 0 Å². The van der Waals surface area contributed by atoms with Crippen LogP contribution >= 0.6 is 0 Å². The van der Waals surface area contributed by atoms with E-state index in [0.717, 1.165) is 25.9 Å². The molecule has 19 heavy (non-hydrogen) atoms. The predicted molar refractivity (Wildman–Crippen MR) is 68.0 cm³/mol. The number of carboxylic acid groups (broad SMARTS) is 1. The lowest BCUT2D eigenvalue weighted by Gasteiger charge is -2.16. The van der Waals surface area contributed by atoms with Crippen LogP contribution < -0.4 is 5.32 Å². The van der Waals surface area contributed by atoms with E-state index in [1.807, 2.05) is 0 Å². The number of rotatable bonds is 4. The fraction of sp³-hybridized carbons (Fsp3) is 0.500. The number of amides is 1. The molecule has 0 saturated carbocycles. The molecule has 0 bridgehead atoms. The monoisotopic (exact) mass is 264 g/mol. The number of hydrogen-bond donors (Lipinski definition) is 2. The standard InChI is InChI=1S/C12H16N4O3/c1-8-13-6-9(12(18)19)11(15-8)14-7-10(17)16-4-2-3-5-16/h6H,2-5,7H2,1H3,(H,18,19)(H,13,14,15). The van der Waals surface area contributed by atoms with Crippen LogP contribution in [0.5, 0.6) is 0 Å². The summed E-state index contributed by atoms with van der Waals surface area (Å²) in [6.07, 6.45) is 3.30. The summed E-state index contributed by atoms with van der Waals surface area (Å²) in [6, 6.07) is 0. The molecule has 102 valence electrons. The van der Waals surface area contributed by atoms with E-state index in [4.69, 9.17) is 5.11 Å². The molecule has 0 aliphatic carbocycles. The highest BCUT2D eigenvalue weighted by Gasteiger charge is 2.19. The summed E-state index contributed by atoms with van der Waals surface area (Å²) in [6.45, 7) is 3.26. The topological polar surface area (TPSA) is 95.4 Å². The molecule has 1 saturated heterocycles. The number of anilines is 1. The number of nitrogens with zero attached hydrogens (tertiary/aromatic N) is 3. The number of carbonyl (C=O) groups is 2. The smallest absolute Gasteiger partial charge is 0.341 e. The van der Waals surface area contributed by atoms with Crippen LogP contribution in [-0.2, 0) is 4.79 Å². The average molecular weight is 264 g/mol. The van der Waals surface area contributed by atoms with Crippen molar-refractivity contribution in [2.24, 2.45) is 0 Å². The molecule has 0 spiro atoms. The van der Waals surface area contributed by atoms with Gasteiger partial charge >= 0.3 is 5.97 Å². The first-order chi connectivity index (χ1) is 9.08. The first-order valence-corrected chi connectivity index (χ1v) is 6.16. The molecule has 1 aromatic rings. The lowest BCUT2D eigenvalue weighted by molar-refractivity contribution is -0.128. The van der Waals surface area contributed by atoms with Gasteiger partial charge in [0.25, 0.3) is 0 Å². The molecule has 0 unspecified atom stereocenters. The summed E-state index contributed by atoms with van der Waals surface area (Å²) in [5, 5.41) is 11.8. The van der Waals surface area contributed by atoms with Crippen molar-refractivity contribution in [2.45, 2.75) is 19.8 Å². The molecule has 0 radical (unpaired) electrons. The van der Waals surface area contributed by atoms with Crippen molar-refractivity contribution in [1.29, 1.82) is 0 Å². The van der Waals surface area contributed by atoms with E-state index in [2.05, 4.69) is 15.3 Å². The molecule has 1 aliphatic heterocycles. The van der Waals surface area contributed by atoms with Crippen molar-refractivity contribution >= 4 is 17.7 Å². The minimum Gasteiger partial charge on any atom is -0.477 e. The second kappa shape index (κ2) is 5.64. The largest absolute Gasteiger partial charge is 0.477 e. The van der Waals surface area contributed by atoms with Gasteiger partial charge in [0.2, 0.25) is 5.91 Å². The SMILES string of the molecule is Cc1ncc(C(=O)O)c(NCC(=O)N2CCCC2)n1. The maximum absolute atomic E-state index is 11.9. The highest BCUT2D eigenvalue weighted by Crippen LogP contribution is 2.12. The van der Waals surface area contributed by atoms with Gasteiger partial charge < -0.3 is 15.3 Å². The quantitative estimate of drug-likeness (QED) is 0.823. The lowest BCUT2D eigenvalue weighted by Crippen LogP contribution is -2.33. The zero-order valence-corrected chi connectivity index (χ0v) is 10.7. The number of aryl methyl sites for hydroxylation is 1. The number of likely N-dealkylation sites (tertiary alicyclic amines) is 1. The third-order valence-corrected chi connectivity index (χ3v) is 3.01. The Balaban J connectivity index is 2.04. The van der Waals surface area contributed by atoms with Crippen LogP contribution in [0.2, 0.25) is 0 Å². The minimum atomic E-state index is -1.11. The third kappa shape index (κ3) is 3.18. The average Bonchev–Trinajstić information content (AvgIpc) is 2.89. The van der Waals surface area contributed by atoms with Gasteiger partial charge in [0.05, 0.1) is 6.54 Å². The van der Waals surface area contributed by atoms with Gasteiger partial charge in [-0.25, -0.2) is 14.8 Å². The fourth-order valence-corrected chi connectivity index (χ4v) is 2.00. The van der Waals surface area contributed by atoms with Crippen molar-refractivity contribution in [3.05, 3.63) is 17.6 Å². The van der Waals surface area contributed by atoms with E-state index in [1.165, 1.54) is 6.20 Å². The summed E-state index contributed by atoms with van der Waals surface area (Å²) >= 11 is 0. The molecule has 1 aromatic heterocycles. The van der Waals surface area contributed by atoms with Crippen LogP contribution in [-0.4, -0.2) is 51.5 Å². The molecular weight excluding hydrogens is 248 g/mol. The number of carboxylic acids is 1. The van der Waals surface area contributed by atoms with Gasteiger partial charge in [0.15, 0.2) is 0 Å². The van der Waals surface area contributed by atoms with E-state index in [0.29, 0.717) is 5.82 Å². The molecule has 7 nitrogen and oxygen atoms in total. The summed E-state index contributed by atoms with van der Waals surface area (Å²) < 4.78 is 0.